The molecular formula is C15H8O8. The number of benzene rings is 2. The van der Waals surface area contributed by atoms with E-state index in [1.165, 1.54) is 18.2 Å². The summed E-state index contributed by atoms with van der Waals surface area (Å²) in [5.41, 5.74) is -1.62. The highest BCUT2D eigenvalue weighted by molar-refractivity contribution is 6.31. The highest BCUT2D eigenvalue weighted by atomic mass is 16.7. The monoisotopic (exact) mass is 316 g/mol. The van der Waals surface area contributed by atoms with Crippen molar-refractivity contribution >= 4 is 17.7 Å². The van der Waals surface area contributed by atoms with Gasteiger partial charge in [-0.15, -0.1) is 0 Å². The van der Waals surface area contributed by atoms with Gasteiger partial charge < -0.3 is 25.2 Å². The standard InChI is InChI=1S/C15H8O8/c16-6-3-1-2-5-9(6)14(20)10-8(23-15(21)22)4-7(17)13(19)11(10)12(5)18/h1-4,16-17,19H,(H,21,22). The molecule has 4 N–H and O–H groups in total. The number of ether oxygens (including phenoxy) is 1. The maximum atomic E-state index is 12.6. The van der Waals surface area contributed by atoms with Crippen LogP contribution in [0.5, 0.6) is 23.0 Å². The minimum atomic E-state index is -1.78. The van der Waals surface area contributed by atoms with Crippen LogP contribution in [0.4, 0.5) is 4.79 Å². The van der Waals surface area contributed by atoms with Crippen LogP contribution in [0.15, 0.2) is 24.3 Å². The second-order valence-electron chi connectivity index (χ2n) is 4.72. The van der Waals surface area contributed by atoms with Crippen LogP contribution in [0.25, 0.3) is 0 Å². The number of carbonyl (C=O) groups excluding carboxylic acids is 2. The second-order valence-corrected chi connectivity index (χ2v) is 4.72. The van der Waals surface area contributed by atoms with E-state index in [1.54, 1.807) is 0 Å². The van der Waals surface area contributed by atoms with E-state index >= 15 is 0 Å². The predicted molar refractivity (Wildman–Crippen MR) is 73.4 cm³/mol. The maximum Gasteiger partial charge on any atom is 0.511 e. The summed E-state index contributed by atoms with van der Waals surface area (Å²) in [5, 5.41) is 38.1. The average molecular weight is 316 g/mol. The number of aromatic hydroxyl groups is 3. The van der Waals surface area contributed by atoms with Crippen molar-refractivity contribution in [2.75, 3.05) is 0 Å². The number of fused-ring (bicyclic) bond motifs is 2. The quantitative estimate of drug-likeness (QED) is 0.301. The molecule has 1 aliphatic rings. The third kappa shape index (κ3) is 1.96. The topological polar surface area (TPSA) is 141 Å². The van der Waals surface area contributed by atoms with Crippen LogP contribution in [-0.4, -0.2) is 38.1 Å². The third-order valence-electron chi connectivity index (χ3n) is 3.41. The van der Waals surface area contributed by atoms with Crippen molar-refractivity contribution in [3.05, 3.63) is 46.5 Å². The summed E-state index contributed by atoms with van der Waals surface area (Å²) in [4.78, 5) is 35.8. The summed E-state index contributed by atoms with van der Waals surface area (Å²) in [6, 6.07) is 4.49. The summed E-state index contributed by atoms with van der Waals surface area (Å²) >= 11 is 0. The van der Waals surface area contributed by atoms with E-state index in [1.807, 2.05) is 0 Å². The van der Waals surface area contributed by atoms with Gasteiger partial charge in [-0.25, -0.2) is 4.79 Å². The van der Waals surface area contributed by atoms with Crippen molar-refractivity contribution in [2.24, 2.45) is 0 Å². The molecule has 0 bridgehead atoms. The molecule has 0 amide bonds. The summed E-state index contributed by atoms with van der Waals surface area (Å²) in [7, 11) is 0. The molecular weight excluding hydrogens is 308 g/mol. The van der Waals surface area contributed by atoms with E-state index in [-0.39, 0.29) is 11.1 Å². The Hall–Kier alpha value is -3.55. The fourth-order valence-corrected chi connectivity index (χ4v) is 2.48. The summed E-state index contributed by atoms with van der Waals surface area (Å²) in [6.45, 7) is 0. The molecule has 1 aliphatic carbocycles. The lowest BCUT2D eigenvalue weighted by atomic mass is 9.82. The molecule has 0 atom stereocenters. The normalized spacial score (nSPS) is 12.5. The molecule has 23 heavy (non-hydrogen) atoms. The van der Waals surface area contributed by atoms with Crippen molar-refractivity contribution in [3.8, 4) is 23.0 Å². The SMILES string of the molecule is O=C(O)Oc1cc(O)c(O)c2c1C(=O)c1c(O)cccc1C2=O. The fraction of sp³-hybridized carbons (Fsp3) is 0. The maximum absolute atomic E-state index is 12.6. The highest BCUT2D eigenvalue weighted by Crippen LogP contribution is 2.44. The molecule has 0 fully saturated rings. The smallest absolute Gasteiger partial charge is 0.507 e. The number of phenols is 3. The first-order valence-corrected chi connectivity index (χ1v) is 6.24. The van der Waals surface area contributed by atoms with Gasteiger partial charge in [0.25, 0.3) is 0 Å². The molecule has 2 aromatic carbocycles. The number of rotatable bonds is 1. The Balaban J connectivity index is 2.39. The molecule has 8 heteroatoms. The minimum absolute atomic E-state index is 0.176. The average Bonchev–Trinajstić information content (AvgIpc) is 2.47. The molecule has 0 unspecified atom stereocenters. The second kappa shape index (κ2) is 4.73. The Morgan fingerprint density at radius 1 is 0.913 bits per heavy atom. The van der Waals surface area contributed by atoms with E-state index in [2.05, 4.69) is 4.74 Å². The third-order valence-corrected chi connectivity index (χ3v) is 3.41. The van der Waals surface area contributed by atoms with Gasteiger partial charge in [0.05, 0.1) is 16.7 Å². The van der Waals surface area contributed by atoms with Crippen molar-refractivity contribution in [1.82, 2.24) is 0 Å². The fourth-order valence-electron chi connectivity index (χ4n) is 2.48. The summed E-state index contributed by atoms with van der Waals surface area (Å²) in [6.07, 6.45) is -1.78. The Morgan fingerprint density at radius 3 is 2.26 bits per heavy atom. The number of ketones is 2. The largest absolute Gasteiger partial charge is 0.511 e. The predicted octanol–water partition coefficient (Wildman–Crippen LogP) is 1.64. The van der Waals surface area contributed by atoms with Gasteiger partial charge in [0.15, 0.2) is 17.3 Å². The molecule has 116 valence electrons. The Bertz CT molecular complexity index is 897. The summed E-state index contributed by atoms with van der Waals surface area (Å²) in [5.74, 6) is -4.53. The van der Waals surface area contributed by atoms with E-state index in [0.717, 1.165) is 0 Å². The van der Waals surface area contributed by atoms with Crippen LogP contribution in [0.1, 0.15) is 31.8 Å². The zero-order valence-electron chi connectivity index (χ0n) is 11.2. The molecule has 0 aromatic heterocycles. The summed E-state index contributed by atoms with van der Waals surface area (Å²) < 4.78 is 4.41. The number of carbonyl (C=O) groups is 3. The molecule has 0 spiro atoms. The first kappa shape index (κ1) is 14.4. The van der Waals surface area contributed by atoms with E-state index in [0.29, 0.717) is 6.07 Å². The number of carboxylic acid groups (broad SMARTS) is 1. The molecule has 0 heterocycles. The van der Waals surface area contributed by atoms with Crippen LogP contribution in [0.3, 0.4) is 0 Å². The van der Waals surface area contributed by atoms with Gasteiger partial charge in [0.2, 0.25) is 5.78 Å². The highest BCUT2D eigenvalue weighted by Gasteiger charge is 2.38. The molecule has 3 rings (SSSR count). The van der Waals surface area contributed by atoms with Crippen LogP contribution in [-0.2, 0) is 0 Å². The number of hydrogen-bond acceptors (Lipinski definition) is 7. The number of hydrogen-bond donors (Lipinski definition) is 4. The Morgan fingerprint density at radius 2 is 1.61 bits per heavy atom. The molecule has 0 saturated carbocycles. The van der Waals surface area contributed by atoms with Gasteiger partial charge in [0.1, 0.15) is 11.5 Å². The van der Waals surface area contributed by atoms with Crippen LogP contribution in [0, 0.1) is 0 Å². The molecule has 2 aromatic rings. The van der Waals surface area contributed by atoms with Crippen LogP contribution < -0.4 is 4.74 Å². The van der Waals surface area contributed by atoms with Crippen molar-refractivity contribution < 1.29 is 39.5 Å². The Kier molecular flexibility index (Phi) is 2.96. The van der Waals surface area contributed by atoms with Gasteiger partial charge in [0, 0.05) is 11.6 Å². The van der Waals surface area contributed by atoms with Gasteiger partial charge in [-0.3, -0.25) is 9.59 Å². The molecule has 0 radical (unpaired) electrons. The first-order valence-electron chi connectivity index (χ1n) is 6.24. The van der Waals surface area contributed by atoms with Crippen molar-refractivity contribution in [2.45, 2.75) is 0 Å². The van der Waals surface area contributed by atoms with E-state index in [4.69, 9.17) is 5.11 Å². The first-order chi connectivity index (χ1) is 10.8. The van der Waals surface area contributed by atoms with E-state index in [9.17, 15) is 29.7 Å². The van der Waals surface area contributed by atoms with Crippen molar-refractivity contribution in [3.63, 3.8) is 0 Å². The molecule has 8 nitrogen and oxygen atoms in total. The van der Waals surface area contributed by atoms with Crippen LogP contribution in [0.2, 0.25) is 0 Å². The minimum Gasteiger partial charge on any atom is -0.507 e. The zero-order valence-corrected chi connectivity index (χ0v) is 11.2. The Labute approximate surface area is 127 Å². The lowest BCUT2D eigenvalue weighted by molar-refractivity contribution is 0.0968. The zero-order chi connectivity index (χ0) is 16.9. The van der Waals surface area contributed by atoms with Gasteiger partial charge in [-0.2, -0.15) is 0 Å². The molecule has 0 aliphatic heterocycles. The lowest BCUT2D eigenvalue weighted by Gasteiger charge is -2.21. The van der Waals surface area contributed by atoms with Gasteiger partial charge in [-0.1, -0.05) is 12.1 Å². The van der Waals surface area contributed by atoms with Crippen LogP contribution >= 0.6 is 0 Å². The van der Waals surface area contributed by atoms with Crippen molar-refractivity contribution in [1.29, 1.82) is 0 Å². The van der Waals surface area contributed by atoms with Gasteiger partial charge in [-0.05, 0) is 6.07 Å². The molecule has 0 saturated heterocycles. The van der Waals surface area contributed by atoms with Gasteiger partial charge >= 0.3 is 6.16 Å². The number of phenolic OH excluding ortho intramolecular Hbond substituents is 3. The lowest BCUT2D eigenvalue weighted by Crippen LogP contribution is -2.23. The van der Waals surface area contributed by atoms with E-state index < -0.39 is 51.8 Å².